The van der Waals surface area contributed by atoms with Gasteiger partial charge in [0.15, 0.2) is 11.5 Å². The minimum absolute atomic E-state index is 0.0572. The van der Waals surface area contributed by atoms with Crippen LogP contribution in [0.25, 0.3) is 0 Å². The molecule has 0 fully saturated rings. The molecular formula is C22H27FN2O3. The van der Waals surface area contributed by atoms with Gasteiger partial charge in [0.1, 0.15) is 19.0 Å². The van der Waals surface area contributed by atoms with Crippen molar-refractivity contribution in [3.05, 3.63) is 59.4 Å². The molecule has 1 N–H and O–H groups in total. The van der Waals surface area contributed by atoms with Crippen molar-refractivity contribution < 1.29 is 18.7 Å². The van der Waals surface area contributed by atoms with Gasteiger partial charge in [-0.1, -0.05) is 32.0 Å². The first kappa shape index (κ1) is 20.1. The summed E-state index contributed by atoms with van der Waals surface area (Å²) < 4.78 is 24.3. The Kier molecular flexibility index (Phi) is 6.52. The molecule has 1 aliphatic heterocycles. The second-order valence-electron chi connectivity index (χ2n) is 7.49. The number of nitrogens with one attached hydrogen (secondary N) is 1. The van der Waals surface area contributed by atoms with Crippen LogP contribution in [-0.2, 0) is 11.3 Å². The van der Waals surface area contributed by atoms with Crippen LogP contribution in [0.15, 0.2) is 42.5 Å². The molecule has 28 heavy (non-hydrogen) atoms. The monoisotopic (exact) mass is 386 g/mol. The van der Waals surface area contributed by atoms with Crippen molar-refractivity contribution >= 4 is 5.91 Å². The molecule has 2 aromatic rings. The SMILES string of the molecule is CC(C)[C@H](NC(=O)CN(C)Cc1ccc(F)cc1)c1ccc2c(c1)OCCO2. The zero-order valence-electron chi connectivity index (χ0n) is 16.6. The summed E-state index contributed by atoms with van der Waals surface area (Å²) in [7, 11) is 1.87. The van der Waals surface area contributed by atoms with Gasteiger partial charge in [-0.2, -0.15) is 0 Å². The van der Waals surface area contributed by atoms with Crippen molar-refractivity contribution in [3.8, 4) is 11.5 Å². The molecule has 0 aromatic heterocycles. The van der Waals surface area contributed by atoms with Crippen LogP contribution in [0, 0.1) is 11.7 Å². The number of likely N-dealkylation sites (N-methyl/N-ethyl adjacent to an activating group) is 1. The summed E-state index contributed by atoms with van der Waals surface area (Å²) in [6.45, 7) is 6.06. The topological polar surface area (TPSA) is 50.8 Å². The highest BCUT2D eigenvalue weighted by Crippen LogP contribution is 2.34. The number of rotatable bonds is 7. The lowest BCUT2D eigenvalue weighted by Gasteiger charge is -2.26. The lowest BCUT2D eigenvalue weighted by atomic mass is 9.95. The fraction of sp³-hybridized carbons (Fsp3) is 0.409. The first-order chi connectivity index (χ1) is 13.4. The van der Waals surface area contributed by atoms with E-state index in [0.717, 1.165) is 22.6 Å². The summed E-state index contributed by atoms with van der Waals surface area (Å²) in [5.41, 5.74) is 1.96. The number of carbonyl (C=O) groups is 1. The average Bonchev–Trinajstić information content (AvgIpc) is 2.67. The molecule has 150 valence electrons. The van der Waals surface area contributed by atoms with E-state index in [-0.39, 0.29) is 30.2 Å². The van der Waals surface area contributed by atoms with Crippen LogP contribution in [0.3, 0.4) is 0 Å². The van der Waals surface area contributed by atoms with Crippen LogP contribution in [0.2, 0.25) is 0 Å². The number of halogens is 1. The molecule has 0 aliphatic carbocycles. The fourth-order valence-corrected chi connectivity index (χ4v) is 3.31. The maximum Gasteiger partial charge on any atom is 0.234 e. The Morgan fingerprint density at radius 1 is 1.11 bits per heavy atom. The van der Waals surface area contributed by atoms with Crippen LogP contribution in [0.4, 0.5) is 4.39 Å². The van der Waals surface area contributed by atoms with E-state index in [4.69, 9.17) is 9.47 Å². The lowest BCUT2D eigenvalue weighted by Crippen LogP contribution is -2.38. The van der Waals surface area contributed by atoms with E-state index < -0.39 is 0 Å². The van der Waals surface area contributed by atoms with E-state index in [2.05, 4.69) is 19.2 Å². The van der Waals surface area contributed by atoms with Crippen molar-refractivity contribution in [2.24, 2.45) is 5.92 Å². The predicted molar refractivity (Wildman–Crippen MR) is 106 cm³/mol. The maximum absolute atomic E-state index is 13.0. The molecule has 5 nitrogen and oxygen atoms in total. The van der Waals surface area contributed by atoms with Crippen LogP contribution >= 0.6 is 0 Å². The van der Waals surface area contributed by atoms with Crippen LogP contribution in [-0.4, -0.2) is 37.6 Å². The summed E-state index contributed by atoms with van der Waals surface area (Å²) in [5.74, 6) is 1.36. The Morgan fingerprint density at radius 2 is 1.79 bits per heavy atom. The number of amides is 1. The van der Waals surface area contributed by atoms with Crippen molar-refractivity contribution in [2.45, 2.75) is 26.4 Å². The number of hydrogen-bond acceptors (Lipinski definition) is 4. The number of ether oxygens (including phenoxy) is 2. The lowest BCUT2D eigenvalue weighted by molar-refractivity contribution is -0.123. The van der Waals surface area contributed by atoms with E-state index in [0.29, 0.717) is 19.8 Å². The highest BCUT2D eigenvalue weighted by molar-refractivity contribution is 5.78. The molecule has 0 radical (unpaired) electrons. The first-order valence-corrected chi connectivity index (χ1v) is 9.54. The van der Waals surface area contributed by atoms with Gasteiger partial charge in [-0.25, -0.2) is 4.39 Å². The molecule has 1 atom stereocenters. The molecule has 0 bridgehead atoms. The quantitative estimate of drug-likeness (QED) is 0.791. The van der Waals surface area contributed by atoms with Crippen molar-refractivity contribution in [2.75, 3.05) is 26.8 Å². The number of nitrogens with zero attached hydrogens (tertiary/aromatic N) is 1. The second-order valence-corrected chi connectivity index (χ2v) is 7.49. The smallest absolute Gasteiger partial charge is 0.234 e. The van der Waals surface area contributed by atoms with Gasteiger partial charge in [0.25, 0.3) is 0 Å². The second kappa shape index (κ2) is 9.06. The van der Waals surface area contributed by atoms with Crippen molar-refractivity contribution in [1.82, 2.24) is 10.2 Å². The third-order valence-corrected chi connectivity index (χ3v) is 4.69. The number of carbonyl (C=O) groups excluding carboxylic acids is 1. The van der Waals surface area contributed by atoms with Gasteiger partial charge in [0.2, 0.25) is 5.91 Å². The van der Waals surface area contributed by atoms with Crippen molar-refractivity contribution in [1.29, 1.82) is 0 Å². The molecule has 2 aromatic carbocycles. The van der Waals surface area contributed by atoms with Crippen LogP contribution in [0.1, 0.15) is 31.0 Å². The molecule has 6 heteroatoms. The van der Waals surface area contributed by atoms with Crippen LogP contribution < -0.4 is 14.8 Å². The molecule has 0 unspecified atom stereocenters. The molecule has 0 saturated heterocycles. The Balaban J connectivity index is 1.62. The summed E-state index contributed by atoms with van der Waals surface area (Å²) in [6.07, 6.45) is 0. The number of hydrogen-bond donors (Lipinski definition) is 1. The highest BCUT2D eigenvalue weighted by Gasteiger charge is 2.22. The fourth-order valence-electron chi connectivity index (χ4n) is 3.31. The zero-order chi connectivity index (χ0) is 20.1. The number of benzene rings is 2. The molecule has 1 heterocycles. The van der Waals surface area contributed by atoms with Gasteiger partial charge in [-0.05, 0) is 48.4 Å². The summed E-state index contributed by atoms with van der Waals surface area (Å²) in [6, 6.07) is 12.0. The Morgan fingerprint density at radius 3 is 2.46 bits per heavy atom. The molecule has 3 rings (SSSR count). The zero-order valence-corrected chi connectivity index (χ0v) is 16.6. The molecule has 1 aliphatic rings. The highest BCUT2D eigenvalue weighted by atomic mass is 19.1. The third-order valence-electron chi connectivity index (χ3n) is 4.69. The molecule has 1 amide bonds. The van der Waals surface area contributed by atoms with Crippen molar-refractivity contribution in [3.63, 3.8) is 0 Å². The Bertz CT molecular complexity index is 808. The van der Waals surface area contributed by atoms with E-state index in [1.807, 2.05) is 30.1 Å². The third kappa shape index (κ3) is 5.23. The van der Waals surface area contributed by atoms with Gasteiger partial charge >= 0.3 is 0 Å². The van der Waals surface area contributed by atoms with Gasteiger partial charge in [0, 0.05) is 6.54 Å². The Labute approximate surface area is 165 Å². The molecule has 0 spiro atoms. The summed E-state index contributed by atoms with van der Waals surface area (Å²) in [5, 5.41) is 3.13. The molecule has 0 saturated carbocycles. The summed E-state index contributed by atoms with van der Waals surface area (Å²) in [4.78, 5) is 14.5. The normalized spacial score (nSPS) is 14.2. The maximum atomic E-state index is 13.0. The standard InChI is InChI=1S/C22H27FN2O3/c1-15(2)22(17-6-9-19-20(12-17)28-11-10-27-19)24-21(26)14-25(3)13-16-4-7-18(23)8-5-16/h4-9,12,15,22H,10-11,13-14H2,1-3H3,(H,24,26)/t22-/m0/s1. The number of fused-ring (bicyclic) bond motifs is 1. The van der Waals surface area contributed by atoms with E-state index in [1.54, 1.807) is 12.1 Å². The minimum atomic E-state index is -0.261. The first-order valence-electron chi connectivity index (χ1n) is 9.54. The Hall–Kier alpha value is -2.60. The van der Waals surface area contributed by atoms with E-state index >= 15 is 0 Å². The van der Waals surface area contributed by atoms with E-state index in [1.165, 1.54) is 12.1 Å². The summed E-state index contributed by atoms with van der Waals surface area (Å²) >= 11 is 0. The largest absolute Gasteiger partial charge is 0.486 e. The minimum Gasteiger partial charge on any atom is -0.486 e. The van der Waals surface area contributed by atoms with Gasteiger partial charge in [-0.3, -0.25) is 9.69 Å². The average molecular weight is 386 g/mol. The van der Waals surface area contributed by atoms with Crippen LogP contribution in [0.5, 0.6) is 11.5 Å². The van der Waals surface area contributed by atoms with Gasteiger partial charge in [-0.15, -0.1) is 0 Å². The van der Waals surface area contributed by atoms with Gasteiger partial charge in [0.05, 0.1) is 12.6 Å². The molecular weight excluding hydrogens is 359 g/mol. The predicted octanol–water partition coefficient (Wildman–Crippen LogP) is 3.54. The van der Waals surface area contributed by atoms with E-state index in [9.17, 15) is 9.18 Å². The van der Waals surface area contributed by atoms with Gasteiger partial charge < -0.3 is 14.8 Å².